The Hall–Kier alpha value is -1.88. The van der Waals surface area contributed by atoms with Gasteiger partial charge < -0.3 is 10.1 Å². The molecule has 1 unspecified atom stereocenters. The Morgan fingerprint density at radius 3 is 2.92 bits per heavy atom. The summed E-state index contributed by atoms with van der Waals surface area (Å²) in [4.78, 5) is 6.59. The lowest BCUT2D eigenvalue weighted by Gasteiger charge is -2.36. The Morgan fingerprint density at radius 2 is 2.17 bits per heavy atom. The normalized spacial score (nSPS) is 18.3. The molecular weight excluding hydrogens is 322 g/mol. The molecule has 1 N–H and O–H groups in total. The van der Waals surface area contributed by atoms with Gasteiger partial charge in [0.15, 0.2) is 0 Å². The molecule has 1 aromatic carbocycles. The quantitative estimate of drug-likeness (QED) is 0.815. The van der Waals surface area contributed by atoms with Crippen molar-refractivity contribution in [1.82, 2.24) is 15.2 Å². The average molecular weight is 344 g/mol. The lowest BCUT2D eigenvalue weighted by Crippen LogP contribution is -2.45. The fourth-order valence-electron chi connectivity index (χ4n) is 2.99. The molecule has 0 saturated carbocycles. The molecule has 1 aromatic heterocycles. The van der Waals surface area contributed by atoms with Gasteiger partial charge in [0.1, 0.15) is 12.4 Å². The highest BCUT2D eigenvalue weighted by molar-refractivity contribution is 6.32. The van der Waals surface area contributed by atoms with Crippen LogP contribution in [0.25, 0.3) is 0 Å². The number of nitrogens with zero attached hydrogens (tertiary/aromatic N) is 2. The monoisotopic (exact) mass is 343 g/mol. The highest BCUT2D eigenvalue weighted by Gasteiger charge is 2.23. The molecule has 4 nitrogen and oxygen atoms in total. The number of hydrogen-bond donors (Lipinski definition) is 1. The molecule has 24 heavy (non-hydrogen) atoms. The second kappa shape index (κ2) is 8.29. The van der Waals surface area contributed by atoms with Gasteiger partial charge in [-0.25, -0.2) is 0 Å². The van der Waals surface area contributed by atoms with Gasteiger partial charge in [0.05, 0.1) is 5.02 Å². The summed E-state index contributed by atoms with van der Waals surface area (Å²) in [7, 11) is 0. The van der Waals surface area contributed by atoms with Crippen molar-refractivity contribution >= 4 is 11.6 Å². The van der Waals surface area contributed by atoms with E-state index in [-0.39, 0.29) is 0 Å². The van der Waals surface area contributed by atoms with Crippen LogP contribution < -0.4 is 10.1 Å². The molecular formula is C19H22ClN3O. The Labute approximate surface area is 148 Å². The first-order valence-electron chi connectivity index (χ1n) is 8.14. The molecule has 1 aliphatic heterocycles. The third kappa shape index (κ3) is 4.15. The van der Waals surface area contributed by atoms with Crippen LogP contribution in [0.15, 0.2) is 55.4 Å². The maximum absolute atomic E-state index is 6.34. The minimum atomic E-state index is 0.345. The number of ether oxygens (including phenoxy) is 1. The molecule has 0 bridgehead atoms. The molecule has 0 amide bonds. The summed E-state index contributed by atoms with van der Waals surface area (Å²) < 4.78 is 5.54. The first-order chi connectivity index (χ1) is 11.8. The van der Waals surface area contributed by atoms with E-state index >= 15 is 0 Å². The van der Waals surface area contributed by atoms with Crippen LogP contribution in [0.4, 0.5) is 0 Å². The van der Waals surface area contributed by atoms with Crippen molar-refractivity contribution < 1.29 is 4.74 Å². The topological polar surface area (TPSA) is 37.4 Å². The SMILES string of the molecule is C=CCOc1ccc(CN2CCNCC2c2ccncc2)cc1Cl. The van der Waals surface area contributed by atoms with E-state index in [1.54, 1.807) is 6.08 Å². The molecule has 2 aromatic rings. The van der Waals surface area contributed by atoms with Crippen molar-refractivity contribution in [3.8, 4) is 5.75 Å². The number of benzene rings is 1. The van der Waals surface area contributed by atoms with Crippen molar-refractivity contribution in [2.75, 3.05) is 26.2 Å². The summed E-state index contributed by atoms with van der Waals surface area (Å²) in [6.45, 7) is 7.91. The predicted octanol–water partition coefficient (Wildman–Crippen LogP) is 3.45. The van der Waals surface area contributed by atoms with E-state index in [0.29, 0.717) is 23.4 Å². The van der Waals surface area contributed by atoms with Crippen LogP contribution in [0.3, 0.4) is 0 Å². The van der Waals surface area contributed by atoms with Crippen molar-refractivity contribution in [2.24, 2.45) is 0 Å². The van der Waals surface area contributed by atoms with Crippen molar-refractivity contribution in [3.05, 3.63) is 71.5 Å². The number of rotatable bonds is 6. The van der Waals surface area contributed by atoms with E-state index in [0.717, 1.165) is 26.2 Å². The van der Waals surface area contributed by atoms with E-state index in [4.69, 9.17) is 16.3 Å². The van der Waals surface area contributed by atoms with E-state index in [9.17, 15) is 0 Å². The van der Waals surface area contributed by atoms with Gasteiger partial charge in [-0.1, -0.05) is 30.3 Å². The first kappa shape index (κ1) is 17.0. The standard InChI is InChI=1S/C19H22ClN3O/c1-2-11-24-19-4-3-15(12-17(19)20)14-23-10-9-22-13-18(23)16-5-7-21-8-6-16/h2-8,12,18,22H,1,9-11,13-14H2. The minimum absolute atomic E-state index is 0.345. The molecule has 126 valence electrons. The summed E-state index contributed by atoms with van der Waals surface area (Å²) >= 11 is 6.34. The van der Waals surface area contributed by atoms with E-state index in [1.165, 1.54) is 11.1 Å². The van der Waals surface area contributed by atoms with Gasteiger partial charge in [-0.05, 0) is 35.4 Å². The van der Waals surface area contributed by atoms with E-state index in [1.807, 2.05) is 24.5 Å². The minimum Gasteiger partial charge on any atom is -0.488 e. The second-order valence-electron chi connectivity index (χ2n) is 5.84. The number of halogens is 1. The summed E-state index contributed by atoms with van der Waals surface area (Å²) in [6.07, 6.45) is 5.42. The zero-order chi connectivity index (χ0) is 16.8. The summed E-state index contributed by atoms with van der Waals surface area (Å²) in [6, 6.07) is 10.5. The average Bonchev–Trinajstić information content (AvgIpc) is 2.62. The Kier molecular flexibility index (Phi) is 5.86. The summed E-state index contributed by atoms with van der Waals surface area (Å²) in [5.41, 5.74) is 2.47. The largest absolute Gasteiger partial charge is 0.488 e. The van der Waals surface area contributed by atoms with E-state index in [2.05, 4.69) is 40.0 Å². The molecule has 0 radical (unpaired) electrons. The number of pyridine rings is 1. The zero-order valence-electron chi connectivity index (χ0n) is 13.6. The van der Waals surface area contributed by atoms with Crippen LogP contribution in [0, 0.1) is 0 Å². The van der Waals surface area contributed by atoms with Crippen molar-refractivity contribution in [2.45, 2.75) is 12.6 Å². The maximum Gasteiger partial charge on any atom is 0.138 e. The highest BCUT2D eigenvalue weighted by Crippen LogP contribution is 2.28. The lowest BCUT2D eigenvalue weighted by atomic mass is 10.0. The number of aromatic nitrogens is 1. The molecule has 1 atom stereocenters. The van der Waals surface area contributed by atoms with Crippen LogP contribution in [0.2, 0.25) is 5.02 Å². The number of hydrogen-bond acceptors (Lipinski definition) is 4. The van der Waals surface area contributed by atoms with E-state index < -0.39 is 0 Å². The highest BCUT2D eigenvalue weighted by atomic mass is 35.5. The van der Waals surface area contributed by atoms with Crippen molar-refractivity contribution in [1.29, 1.82) is 0 Å². The fraction of sp³-hybridized carbons (Fsp3) is 0.316. The number of nitrogens with one attached hydrogen (secondary N) is 1. The van der Waals surface area contributed by atoms with Gasteiger partial charge in [0, 0.05) is 44.6 Å². The Balaban J connectivity index is 1.73. The van der Waals surface area contributed by atoms with Crippen LogP contribution in [-0.2, 0) is 6.54 Å². The van der Waals surface area contributed by atoms with Gasteiger partial charge >= 0.3 is 0 Å². The second-order valence-corrected chi connectivity index (χ2v) is 6.24. The lowest BCUT2D eigenvalue weighted by molar-refractivity contribution is 0.153. The van der Waals surface area contributed by atoms with Crippen LogP contribution >= 0.6 is 11.6 Å². The molecule has 1 fully saturated rings. The van der Waals surface area contributed by atoms with Crippen LogP contribution in [0.1, 0.15) is 17.2 Å². The van der Waals surface area contributed by atoms with Gasteiger partial charge in [-0.3, -0.25) is 9.88 Å². The Bertz CT molecular complexity index is 678. The van der Waals surface area contributed by atoms with Crippen LogP contribution in [-0.4, -0.2) is 36.1 Å². The van der Waals surface area contributed by atoms with Gasteiger partial charge in [0.25, 0.3) is 0 Å². The maximum atomic E-state index is 6.34. The molecule has 3 rings (SSSR count). The molecule has 1 saturated heterocycles. The van der Waals surface area contributed by atoms with Crippen molar-refractivity contribution in [3.63, 3.8) is 0 Å². The molecule has 5 heteroatoms. The first-order valence-corrected chi connectivity index (χ1v) is 8.52. The molecule has 2 heterocycles. The van der Waals surface area contributed by atoms with Gasteiger partial charge in [0.2, 0.25) is 0 Å². The molecule has 1 aliphatic rings. The van der Waals surface area contributed by atoms with Gasteiger partial charge in [-0.2, -0.15) is 0 Å². The third-order valence-corrected chi connectivity index (χ3v) is 4.48. The zero-order valence-corrected chi connectivity index (χ0v) is 14.4. The number of piperazine rings is 1. The smallest absolute Gasteiger partial charge is 0.138 e. The third-order valence-electron chi connectivity index (χ3n) is 4.18. The summed E-state index contributed by atoms with van der Waals surface area (Å²) in [5, 5.41) is 4.12. The predicted molar refractivity (Wildman–Crippen MR) is 97.4 cm³/mol. The Morgan fingerprint density at radius 1 is 1.33 bits per heavy atom. The molecule has 0 spiro atoms. The summed E-state index contributed by atoms with van der Waals surface area (Å²) in [5.74, 6) is 0.700. The van der Waals surface area contributed by atoms with Gasteiger partial charge in [-0.15, -0.1) is 0 Å². The molecule has 0 aliphatic carbocycles. The fourth-order valence-corrected chi connectivity index (χ4v) is 3.25. The van der Waals surface area contributed by atoms with Crippen LogP contribution in [0.5, 0.6) is 5.75 Å².